The third-order valence-electron chi connectivity index (χ3n) is 4.60. The molecule has 1 amide bonds. The van der Waals surface area contributed by atoms with Gasteiger partial charge in [-0.3, -0.25) is 4.79 Å². The maximum absolute atomic E-state index is 12.3. The molecule has 0 aliphatic carbocycles. The third-order valence-corrected chi connectivity index (χ3v) is 5.81. The largest absolute Gasteiger partial charge is 0.493 e. The molecule has 0 fully saturated rings. The summed E-state index contributed by atoms with van der Waals surface area (Å²) in [6.07, 6.45) is 1.48. The van der Waals surface area contributed by atoms with Gasteiger partial charge in [0.05, 0.1) is 33.3 Å². The maximum Gasteiger partial charge on any atom is 0.250 e. The average Bonchev–Trinajstić information content (AvgIpc) is 3.25. The molecule has 0 bridgehead atoms. The van der Waals surface area contributed by atoms with Crippen LogP contribution < -0.4 is 19.6 Å². The van der Waals surface area contributed by atoms with E-state index in [1.807, 2.05) is 23.6 Å². The van der Waals surface area contributed by atoms with Gasteiger partial charge in [-0.15, -0.1) is 10.2 Å². The number of nitrogens with one attached hydrogen (secondary N) is 1. The van der Waals surface area contributed by atoms with Crippen molar-refractivity contribution in [3.05, 3.63) is 47.0 Å². The van der Waals surface area contributed by atoms with Gasteiger partial charge in [0.2, 0.25) is 5.75 Å². The van der Waals surface area contributed by atoms with Crippen LogP contribution in [0.2, 0.25) is 5.02 Å². The molecule has 11 heteroatoms. The number of hydrogen-bond donors (Lipinski definition) is 1. The molecule has 0 unspecified atom stereocenters. The molecule has 3 aromatic rings. The van der Waals surface area contributed by atoms with Gasteiger partial charge in [0, 0.05) is 22.7 Å². The van der Waals surface area contributed by atoms with Crippen LogP contribution in [-0.4, -0.2) is 54.0 Å². The summed E-state index contributed by atoms with van der Waals surface area (Å²) in [5.41, 5.74) is 4.04. The molecular weight excluding hydrogens is 466 g/mol. The fraction of sp³-hybridized carbons (Fsp3) is 0.273. The first-order valence-corrected chi connectivity index (χ1v) is 11.3. The zero-order valence-corrected chi connectivity index (χ0v) is 20.2. The molecule has 3 rings (SSSR count). The van der Waals surface area contributed by atoms with Crippen molar-refractivity contribution < 1.29 is 19.0 Å². The SMILES string of the molecule is CCn1c(SCC(=O)N/N=C\c2ccc(OC)c(OC)c2OC)nnc1-c1ccc(Cl)cc1. The van der Waals surface area contributed by atoms with E-state index in [1.165, 1.54) is 32.2 Å². The van der Waals surface area contributed by atoms with Gasteiger partial charge in [-0.1, -0.05) is 23.4 Å². The van der Waals surface area contributed by atoms with E-state index in [2.05, 4.69) is 20.7 Å². The summed E-state index contributed by atoms with van der Waals surface area (Å²) < 4.78 is 18.0. The molecule has 0 aliphatic heterocycles. The Morgan fingerprint density at radius 3 is 2.45 bits per heavy atom. The van der Waals surface area contributed by atoms with Gasteiger partial charge < -0.3 is 18.8 Å². The van der Waals surface area contributed by atoms with E-state index in [-0.39, 0.29) is 11.7 Å². The summed E-state index contributed by atoms with van der Waals surface area (Å²) in [7, 11) is 4.58. The lowest BCUT2D eigenvalue weighted by molar-refractivity contribution is -0.118. The lowest BCUT2D eigenvalue weighted by Crippen LogP contribution is -2.20. The second kappa shape index (κ2) is 11.6. The minimum absolute atomic E-state index is 0.124. The van der Waals surface area contributed by atoms with E-state index in [0.717, 1.165) is 11.4 Å². The maximum atomic E-state index is 12.3. The van der Waals surface area contributed by atoms with Crippen molar-refractivity contribution in [3.63, 3.8) is 0 Å². The highest BCUT2D eigenvalue weighted by Crippen LogP contribution is 2.39. The number of methoxy groups -OCH3 is 3. The topological polar surface area (TPSA) is 99.9 Å². The first-order chi connectivity index (χ1) is 16.0. The predicted octanol–water partition coefficient (Wildman–Crippen LogP) is 3.89. The van der Waals surface area contributed by atoms with Crippen molar-refractivity contribution in [1.82, 2.24) is 20.2 Å². The monoisotopic (exact) mass is 489 g/mol. The third kappa shape index (κ3) is 5.77. The van der Waals surface area contributed by atoms with E-state index in [0.29, 0.717) is 39.5 Å². The normalized spacial score (nSPS) is 10.9. The molecule has 0 radical (unpaired) electrons. The Balaban J connectivity index is 1.64. The van der Waals surface area contributed by atoms with E-state index in [4.69, 9.17) is 25.8 Å². The second-order valence-electron chi connectivity index (χ2n) is 6.56. The van der Waals surface area contributed by atoms with Crippen LogP contribution in [0.5, 0.6) is 17.2 Å². The first kappa shape index (κ1) is 24.4. The van der Waals surface area contributed by atoms with Gasteiger partial charge in [-0.2, -0.15) is 5.10 Å². The molecule has 33 heavy (non-hydrogen) atoms. The molecule has 1 N–H and O–H groups in total. The van der Waals surface area contributed by atoms with Gasteiger partial charge in [0.25, 0.3) is 5.91 Å². The second-order valence-corrected chi connectivity index (χ2v) is 7.94. The number of rotatable bonds is 10. The molecule has 0 saturated heterocycles. The minimum Gasteiger partial charge on any atom is -0.493 e. The number of hydrazone groups is 1. The highest BCUT2D eigenvalue weighted by Gasteiger charge is 2.16. The number of ether oxygens (including phenoxy) is 3. The number of hydrogen-bond acceptors (Lipinski definition) is 8. The Morgan fingerprint density at radius 2 is 1.82 bits per heavy atom. The Hall–Kier alpha value is -3.24. The molecule has 0 aliphatic rings. The molecule has 1 aromatic heterocycles. The highest BCUT2D eigenvalue weighted by atomic mass is 35.5. The lowest BCUT2D eigenvalue weighted by atomic mass is 10.2. The molecule has 2 aromatic carbocycles. The van der Waals surface area contributed by atoms with Crippen molar-refractivity contribution in [2.75, 3.05) is 27.1 Å². The fourth-order valence-electron chi connectivity index (χ4n) is 3.06. The first-order valence-electron chi connectivity index (χ1n) is 9.95. The van der Waals surface area contributed by atoms with Crippen LogP contribution in [0, 0.1) is 0 Å². The number of benzene rings is 2. The molecule has 0 spiro atoms. The number of aromatic nitrogens is 3. The van der Waals surface area contributed by atoms with Crippen LogP contribution in [-0.2, 0) is 11.3 Å². The van der Waals surface area contributed by atoms with Gasteiger partial charge in [0.15, 0.2) is 22.5 Å². The molecule has 0 saturated carbocycles. The Kier molecular flexibility index (Phi) is 8.56. The van der Waals surface area contributed by atoms with Crippen LogP contribution in [0.25, 0.3) is 11.4 Å². The zero-order chi connectivity index (χ0) is 23.8. The Morgan fingerprint density at radius 1 is 1.09 bits per heavy atom. The molecular formula is C22H24ClN5O4S. The van der Waals surface area contributed by atoms with Crippen LogP contribution in [0.4, 0.5) is 0 Å². The molecule has 0 atom stereocenters. The standard InChI is InChI=1S/C22H24ClN5O4S/c1-5-28-21(14-6-9-16(23)10-7-14)26-27-22(28)33-13-18(29)25-24-12-15-8-11-17(30-2)20(32-4)19(15)31-3/h6-12H,5,13H2,1-4H3,(H,25,29)/b24-12-. The van der Waals surface area contributed by atoms with E-state index in [1.54, 1.807) is 31.4 Å². The minimum atomic E-state index is -0.283. The predicted molar refractivity (Wildman–Crippen MR) is 129 cm³/mol. The highest BCUT2D eigenvalue weighted by molar-refractivity contribution is 7.99. The number of amides is 1. The number of carbonyl (C=O) groups excluding carboxylic acids is 1. The van der Waals surface area contributed by atoms with E-state index >= 15 is 0 Å². The van der Waals surface area contributed by atoms with Crippen molar-refractivity contribution in [2.45, 2.75) is 18.6 Å². The van der Waals surface area contributed by atoms with Gasteiger partial charge in [-0.05, 0) is 43.3 Å². The summed E-state index contributed by atoms with van der Waals surface area (Å²) in [5, 5.41) is 13.8. The number of thioether (sulfide) groups is 1. The van der Waals surface area contributed by atoms with Crippen molar-refractivity contribution in [1.29, 1.82) is 0 Å². The number of halogens is 1. The molecule has 174 valence electrons. The van der Waals surface area contributed by atoms with Crippen LogP contribution >= 0.6 is 23.4 Å². The summed E-state index contributed by atoms with van der Waals surface area (Å²) in [6, 6.07) is 10.9. The lowest BCUT2D eigenvalue weighted by Gasteiger charge is -2.13. The van der Waals surface area contributed by atoms with Crippen molar-refractivity contribution in [2.24, 2.45) is 5.10 Å². The zero-order valence-electron chi connectivity index (χ0n) is 18.7. The smallest absolute Gasteiger partial charge is 0.250 e. The Labute approximate surface area is 201 Å². The van der Waals surface area contributed by atoms with Crippen molar-refractivity contribution >= 4 is 35.5 Å². The number of carbonyl (C=O) groups is 1. The quantitative estimate of drug-likeness (QED) is 0.262. The number of nitrogens with zero attached hydrogens (tertiary/aromatic N) is 4. The van der Waals surface area contributed by atoms with Crippen LogP contribution in [0.3, 0.4) is 0 Å². The van der Waals surface area contributed by atoms with Gasteiger partial charge in [-0.25, -0.2) is 5.43 Å². The molecule has 9 nitrogen and oxygen atoms in total. The van der Waals surface area contributed by atoms with Crippen molar-refractivity contribution in [3.8, 4) is 28.6 Å². The average molecular weight is 490 g/mol. The van der Waals surface area contributed by atoms with E-state index in [9.17, 15) is 4.79 Å². The van der Waals surface area contributed by atoms with Gasteiger partial charge in [0.1, 0.15) is 0 Å². The summed E-state index contributed by atoms with van der Waals surface area (Å²) >= 11 is 7.25. The summed E-state index contributed by atoms with van der Waals surface area (Å²) in [4.78, 5) is 12.3. The fourth-order valence-corrected chi connectivity index (χ4v) is 3.98. The van der Waals surface area contributed by atoms with E-state index < -0.39 is 0 Å². The molecule has 1 heterocycles. The summed E-state index contributed by atoms with van der Waals surface area (Å²) in [5.74, 6) is 1.99. The van der Waals surface area contributed by atoms with Crippen LogP contribution in [0.15, 0.2) is 46.7 Å². The van der Waals surface area contributed by atoms with Crippen LogP contribution in [0.1, 0.15) is 12.5 Å². The summed E-state index contributed by atoms with van der Waals surface area (Å²) in [6.45, 7) is 2.65. The Bertz CT molecular complexity index is 1130. The van der Waals surface area contributed by atoms with Gasteiger partial charge >= 0.3 is 0 Å².